The molecule has 31 heavy (non-hydrogen) atoms. The average molecular weight is 558 g/mol. The predicted octanol–water partition coefficient (Wildman–Crippen LogP) is 3.55. The summed E-state index contributed by atoms with van der Waals surface area (Å²) in [5, 5.41) is 6.77. The van der Waals surface area contributed by atoms with Gasteiger partial charge >= 0.3 is 6.18 Å². The summed E-state index contributed by atoms with van der Waals surface area (Å²) in [6, 6.07) is 7.67. The normalized spacial score (nSPS) is 16.1. The number of hydrogen-bond acceptors (Lipinski definition) is 4. The Hall–Kier alpha value is -1.11. The molecule has 0 radical (unpaired) electrons. The number of piperidine rings is 1. The number of likely N-dealkylation sites (tertiary alicyclic amines) is 1. The third kappa shape index (κ3) is 11.9. The monoisotopic (exact) mass is 558 g/mol. The van der Waals surface area contributed by atoms with Gasteiger partial charge in [0.05, 0.1) is 19.8 Å². The van der Waals surface area contributed by atoms with Crippen LogP contribution in [0.1, 0.15) is 30.9 Å². The number of aliphatic imine (C=N–C) groups is 1. The van der Waals surface area contributed by atoms with E-state index in [2.05, 4.69) is 20.5 Å². The van der Waals surface area contributed by atoms with Gasteiger partial charge in [0, 0.05) is 39.3 Å². The van der Waals surface area contributed by atoms with Crippen LogP contribution in [-0.2, 0) is 22.6 Å². The summed E-state index contributed by atoms with van der Waals surface area (Å²) >= 11 is 0. The van der Waals surface area contributed by atoms with E-state index in [0.717, 1.165) is 57.2 Å². The molecule has 0 bridgehead atoms. The van der Waals surface area contributed by atoms with Crippen molar-refractivity contribution in [2.24, 2.45) is 4.99 Å². The smallest absolute Gasteiger partial charge is 0.383 e. The standard InChI is InChI=1S/C21H33F3N4O2.HI/c1-3-25-20(27-19-7-9-28(10-8-19)11-12-29-2)26-14-17-5-4-6-18(13-17)15-30-16-21(22,23)24;/h4-6,13,19H,3,7-12,14-16H2,1-2H3,(H2,25,26,27);1H. The van der Waals surface area contributed by atoms with Crippen molar-refractivity contribution in [3.05, 3.63) is 35.4 Å². The number of benzene rings is 1. The van der Waals surface area contributed by atoms with E-state index >= 15 is 0 Å². The summed E-state index contributed by atoms with van der Waals surface area (Å²) in [5.41, 5.74) is 1.63. The minimum atomic E-state index is -4.31. The van der Waals surface area contributed by atoms with Crippen LogP contribution in [-0.4, -0.2) is 69.6 Å². The molecule has 0 amide bonds. The molecule has 0 aromatic heterocycles. The van der Waals surface area contributed by atoms with Gasteiger partial charge in [-0.3, -0.25) is 0 Å². The number of methoxy groups -OCH3 is 1. The summed E-state index contributed by atoms with van der Waals surface area (Å²) in [6.07, 6.45) is -2.23. The number of ether oxygens (including phenoxy) is 2. The minimum absolute atomic E-state index is 0. The van der Waals surface area contributed by atoms with E-state index in [1.807, 2.05) is 25.1 Å². The maximum Gasteiger partial charge on any atom is 0.411 e. The second-order valence-corrected chi connectivity index (χ2v) is 7.38. The Morgan fingerprint density at radius 3 is 2.58 bits per heavy atom. The molecule has 1 aliphatic rings. The van der Waals surface area contributed by atoms with Crippen molar-refractivity contribution in [3.8, 4) is 0 Å². The molecule has 1 aromatic carbocycles. The molecule has 6 nitrogen and oxygen atoms in total. The first-order chi connectivity index (χ1) is 14.4. The Labute approximate surface area is 200 Å². The molecule has 0 saturated carbocycles. The molecule has 0 spiro atoms. The van der Waals surface area contributed by atoms with Gasteiger partial charge in [-0.2, -0.15) is 13.2 Å². The molecular weight excluding hydrogens is 524 g/mol. The zero-order valence-corrected chi connectivity index (χ0v) is 20.5. The molecule has 2 rings (SSSR count). The van der Waals surface area contributed by atoms with E-state index in [4.69, 9.17) is 9.47 Å². The fraction of sp³-hybridized carbons (Fsp3) is 0.667. The lowest BCUT2D eigenvalue weighted by Gasteiger charge is -2.32. The molecule has 178 valence electrons. The number of nitrogens with one attached hydrogen (secondary N) is 2. The molecule has 1 saturated heterocycles. The number of rotatable bonds is 10. The minimum Gasteiger partial charge on any atom is -0.383 e. The maximum absolute atomic E-state index is 12.2. The van der Waals surface area contributed by atoms with Crippen molar-refractivity contribution in [2.75, 3.05) is 46.5 Å². The predicted molar refractivity (Wildman–Crippen MR) is 127 cm³/mol. The van der Waals surface area contributed by atoms with Gasteiger partial charge in [-0.05, 0) is 30.9 Å². The molecule has 0 unspecified atom stereocenters. The van der Waals surface area contributed by atoms with E-state index in [1.165, 1.54) is 0 Å². The van der Waals surface area contributed by atoms with Crippen molar-refractivity contribution in [2.45, 2.75) is 45.1 Å². The molecule has 1 fully saturated rings. The van der Waals surface area contributed by atoms with E-state index in [0.29, 0.717) is 18.2 Å². The summed E-state index contributed by atoms with van der Waals surface area (Å²) in [5.74, 6) is 0.756. The van der Waals surface area contributed by atoms with Crippen molar-refractivity contribution in [1.82, 2.24) is 15.5 Å². The number of nitrogens with zero attached hydrogens (tertiary/aromatic N) is 2. The van der Waals surface area contributed by atoms with Gasteiger partial charge in [0.15, 0.2) is 5.96 Å². The SMILES string of the molecule is CCNC(=NCc1cccc(COCC(F)(F)F)c1)NC1CCN(CCOC)CC1.I. The third-order valence-corrected chi connectivity index (χ3v) is 4.83. The number of alkyl halides is 3. The largest absolute Gasteiger partial charge is 0.411 e. The second kappa shape index (κ2) is 14.9. The van der Waals surface area contributed by atoms with E-state index < -0.39 is 12.8 Å². The Morgan fingerprint density at radius 2 is 1.94 bits per heavy atom. The van der Waals surface area contributed by atoms with Crippen LogP contribution in [0.15, 0.2) is 29.3 Å². The average Bonchev–Trinajstić information content (AvgIpc) is 2.71. The van der Waals surface area contributed by atoms with Crippen LogP contribution < -0.4 is 10.6 Å². The van der Waals surface area contributed by atoms with Crippen LogP contribution in [0.3, 0.4) is 0 Å². The van der Waals surface area contributed by atoms with Gasteiger partial charge in [-0.25, -0.2) is 4.99 Å². The molecule has 1 aromatic rings. The molecule has 2 N–H and O–H groups in total. The lowest BCUT2D eigenvalue weighted by Crippen LogP contribution is -2.49. The number of halogens is 4. The van der Waals surface area contributed by atoms with Gasteiger partial charge in [0.2, 0.25) is 0 Å². The molecule has 1 aliphatic heterocycles. The first kappa shape index (κ1) is 27.9. The highest BCUT2D eigenvalue weighted by molar-refractivity contribution is 14.0. The van der Waals surface area contributed by atoms with Gasteiger partial charge in [0.25, 0.3) is 0 Å². The fourth-order valence-electron chi connectivity index (χ4n) is 3.31. The summed E-state index contributed by atoms with van der Waals surface area (Å²) < 4.78 is 46.6. The van der Waals surface area contributed by atoms with E-state index in [9.17, 15) is 13.2 Å². The van der Waals surface area contributed by atoms with E-state index in [1.54, 1.807) is 13.2 Å². The second-order valence-electron chi connectivity index (χ2n) is 7.38. The van der Waals surface area contributed by atoms with E-state index in [-0.39, 0.29) is 30.6 Å². The lowest BCUT2D eigenvalue weighted by molar-refractivity contribution is -0.176. The van der Waals surface area contributed by atoms with Crippen molar-refractivity contribution in [1.29, 1.82) is 0 Å². The summed E-state index contributed by atoms with van der Waals surface area (Å²) in [7, 11) is 1.72. The number of guanidine groups is 1. The highest BCUT2D eigenvalue weighted by Crippen LogP contribution is 2.16. The highest BCUT2D eigenvalue weighted by atomic mass is 127. The molecular formula is C21H34F3IN4O2. The van der Waals surface area contributed by atoms with Crippen LogP contribution in [0.4, 0.5) is 13.2 Å². The molecule has 0 atom stereocenters. The molecule has 0 aliphatic carbocycles. The van der Waals surface area contributed by atoms with Crippen molar-refractivity contribution >= 4 is 29.9 Å². The van der Waals surface area contributed by atoms with Crippen LogP contribution in [0, 0.1) is 0 Å². The zero-order valence-electron chi connectivity index (χ0n) is 18.2. The van der Waals surface area contributed by atoms with Crippen molar-refractivity contribution in [3.63, 3.8) is 0 Å². The van der Waals surface area contributed by atoms with Gasteiger partial charge in [0.1, 0.15) is 6.61 Å². The zero-order chi connectivity index (χ0) is 21.8. The van der Waals surface area contributed by atoms with Gasteiger partial charge in [-0.15, -0.1) is 24.0 Å². The molecule has 10 heteroatoms. The van der Waals surface area contributed by atoms with Crippen LogP contribution >= 0.6 is 24.0 Å². The van der Waals surface area contributed by atoms with Gasteiger partial charge in [-0.1, -0.05) is 24.3 Å². The Kier molecular flexibility index (Phi) is 13.4. The van der Waals surface area contributed by atoms with Crippen LogP contribution in [0.5, 0.6) is 0 Å². The Bertz CT molecular complexity index is 654. The summed E-state index contributed by atoms with van der Waals surface area (Å²) in [4.78, 5) is 7.05. The van der Waals surface area contributed by atoms with Crippen LogP contribution in [0.25, 0.3) is 0 Å². The van der Waals surface area contributed by atoms with Gasteiger partial charge < -0.3 is 25.0 Å². The first-order valence-electron chi connectivity index (χ1n) is 10.4. The topological polar surface area (TPSA) is 58.1 Å². The Morgan fingerprint density at radius 1 is 1.23 bits per heavy atom. The first-order valence-corrected chi connectivity index (χ1v) is 10.4. The highest BCUT2D eigenvalue weighted by Gasteiger charge is 2.27. The third-order valence-electron chi connectivity index (χ3n) is 4.83. The quantitative estimate of drug-likeness (QED) is 0.262. The number of hydrogen-bond donors (Lipinski definition) is 2. The fourth-order valence-corrected chi connectivity index (χ4v) is 3.31. The van der Waals surface area contributed by atoms with Crippen LogP contribution in [0.2, 0.25) is 0 Å². The summed E-state index contributed by atoms with van der Waals surface area (Å²) in [6.45, 7) is 5.66. The molecule has 1 heterocycles. The Balaban J connectivity index is 0.00000480. The maximum atomic E-state index is 12.2. The van der Waals surface area contributed by atoms with Crippen molar-refractivity contribution < 1.29 is 22.6 Å². The lowest BCUT2D eigenvalue weighted by atomic mass is 10.1.